The van der Waals surface area contributed by atoms with Gasteiger partial charge in [-0.2, -0.15) is 0 Å². The molecule has 118 valence electrons. The quantitative estimate of drug-likeness (QED) is 0.751. The Morgan fingerprint density at radius 2 is 2.00 bits per heavy atom. The molecule has 0 saturated heterocycles. The van der Waals surface area contributed by atoms with Crippen LogP contribution in [0.25, 0.3) is 0 Å². The van der Waals surface area contributed by atoms with Crippen molar-refractivity contribution in [1.29, 1.82) is 0 Å². The smallest absolute Gasteiger partial charge is 0.335 e. The topological polar surface area (TPSA) is 101 Å². The van der Waals surface area contributed by atoms with Crippen LogP contribution in [0.3, 0.4) is 0 Å². The van der Waals surface area contributed by atoms with Gasteiger partial charge in [0.1, 0.15) is 0 Å². The zero-order valence-electron chi connectivity index (χ0n) is 12.5. The summed E-state index contributed by atoms with van der Waals surface area (Å²) in [6, 6.07) is 4.07. The molecule has 0 saturated carbocycles. The number of hydrogen-bond acceptors (Lipinski definition) is 4. The van der Waals surface area contributed by atoms with Crippen LogP contribution in [0.15, 0.2) is 18.2 Å². The lowest BCUT2D eigenvalue weighted by Gasteiger charge is -2.24. The summed E-state index contributed by atoms with van der Waals surface area (Å²) in [6.45, 7) is 5.89. The van der Waals surface area contributed by atoms with Gasteiger partial charge in [-0.05, 0) is 37.5 Å². The molecular weight excluding hydrogens is 292 g/mol. The molecule has 0 radical (unpaired) electrons. The van der Waals surface area contributed by atoms with Gasteiger partial charge in [0, 0.05) is 6.54 Å². The second kappa shape index (κ2) is 6.80. The van der Waals surface area contributed by atoms with Crippen molar-refractivity contribution in [3.05, 3.63) is 23.8 Å². The molecule has 0 heterocycles. The first kappa shape index (κ1) is 17.3. The third-order valence-corrected chi connectivity index (χ3v) is 5.00. The molecule has 0 bridgehead atoms. The highest BCUT2D eigenvalue weighted by Gasteiger charge is 2.23. The number of nitrogens with two attached hydrogens (primary N) is 1. The minimum Gasteiger partial charge on any atom is -0.478 e. The number of aromatic carboxylic acids is 1. The first-order valence-corrected chi connectivity index (χ1v) is 8.43. The van der Waals surface area contributed by atoms with E-state index in [0.29, 0.717) is 12.1 Å². The van der Waals surface area contributed by atoms with Crippen molar-refractivity contribution in [3.8, 4) is 0 Å². The SMILES string of the molecule is CCN(c1ccc(C(=O)O)cc1N)S(=O)(=O)CCC(C)C. The number of nitrogen functional groups attached to an aromatic ring is 1. The van der Waals surface area contributed by atoms with Gasteiger partial charge in [0.15, 0.2) is 0 Å². The molecule has 6 nitrogen and oxygen atoms in total. The maximum Gasteiger partial charge on any atom is 0.335 e. The Morgan fingerprint density at radius 3 is 2.43 bits per heavy atom. The van der Waals surface area contributed by atoms with E-state index in [0.717, 1.165) is 0 Å². The van der Waals surface area contributed by atoms with Gasteiger partial charge < -0.3 is 10.8 Å². The Balaban J connectivity index is 3.13. The zero-order valence-corrected chi connectivity index (χ0v) is 13.4. The van der Waals surface area contributed by atoms with Gasteiger partial charge in [-0.1, -0.05) is 13.8 Å². The number of hydrogen-bond donors (Lipinski definition) is 2. The number of benzene rings is 1. The van der Waals surface area contributed by atoms with Gasteiger partial charge in [0.05, 0.1) is 22.7 Å². The van der Waals surface area contributed by atoms with E-state index in [2.05, 4.69) is 0 Å². The minimum atomic E-state index is -3.47. The van der Waals surface area contributed by atoms with E-state index >= 15 is 0 Å². The number of carboxylic acid groups (broad SMARTS) is 1. The number of anilines is 2. The zero-order chi connectivity index (χ0) is 16.2. The fourth-order valence-corrected chi connectivity index (χ4v) is 3.78. The van der Waals surface area contributed by atoms with Crippen LogP contribution in [0.5, 0.6) is 0 Å². The van der Waals surface area contributed by atoms with E-state index in [1.54, 1.807) is 6.92 Å². The molecule has 1 aromatic carbocycles. The third kappa shape index (κ3) is 4.35. The number of carbonyl (C=O) groups is 1. The average Bonchev–Trinajstić information content (AvgIpc) is 2.38. The minimum absolute atomic E-state index is 0.0341. The highest BCUT2D eigenvalue weighted by molar-refractivity contribution is 7.92. The van der Waals surface area contributed by atoms with Crippen LogP contribution in [-0.2, 0) is 10.0 Å². The summed E-state index contributed by atoms with van der Waals surface area (Å²) in [5.74, 6) is -0.775. The van der Waals surface area contributed by atoms with Crippen molar-refractivity contribution in [2.45, 2.75) is 27.2 Å². The molecule has 3 N–H and O–H groups in total. The molecule has 1 aromatic rings. The normalized spacial score (nSPS) is 11.6. The number of carboxylic acids is 1. The van der Waals surface area contributed by atoms with Crippen LogP contribution in [0, 0.1) is 5.92 Å². The van der Waals surface area contributed by atoms with Crippen LogP contribution in [-0.4, -0.2) is 31.8 Å². The molecule has 7 heteroatoms. The molecular formula is C14H22N2O4S. The largest absolute Gasteiger partial charge is 0.478 e. The molecule has 0 aromatic heterocycles. The molecule has 0 aliphatic heterocycles. The van der Waals surface area contributed by atoms with E-state index in [9.17, 15) is 13.2 Å². The van der Waals surface area contributed by atoms with Gasteiger partial charge in [0.25, 0.3) is 0 Å². The summed E-state index contributed by atoms with van der Waals surface area (Å²) in [5.41, 5.74) is 6.32. The van der Waals surface area contributed by atoms with Gasteiger partial charge >= 0.3 is 5.97 Å². The summed E-state index contributed by atoms with van der Waals surface area (Å²) >= 11 is 0. The molecule has 0 fully saturated rings. The highest BCUT2D eigenvalue weighted by Crippen LogP contribution is 2.27. The van der Waals surface area contributed by atoms with E-state index in [4.69, 9.17) is 10.8 Å². The van der Waals surface area contributed by atoms with Crippen molar-refractivity contribution >= 4 is 27.4 Å². The van der Waals surface area contributed by atoms with Crippen molar-refractivity contribution in [2.24, 2.45) is 5.92 Å². The second-order valence-electron chi connectivity index (χ2n) is 5.24. The lowest BCUT2D eigenvalue weighted by atomic mass is 10.2. The van der Waals surface area contributed by atoms with Gasteiger partial charge in [-0.25, -0.2) is 13.2 Å². The predicted molar refractivity (Wildman–Crippen MR) is 84.1 cm³/mol. The van der Waals surface area contributed by atoms with Crippen molar-refractivity contribution in [2.75, 3.05) is 22.3 Å². The fraction of sp³-hybridized carbons (Fsp3) is 0.500. The van der Waals surface area contributed by atoms with Crippen LogP contribution in [0.4, 0.5) is 11.4 Å². The monoisotopic (exact) mass is 314 g/mol. The summed E-state index contributed by atoms with van der Waals surface area (Å²) in [7, 11) is -3.47. The molecule has 0 aliphatic carbocycles. The summed E-state index contributed by atoms with van der Waals surface area (Å²) in [5, 5.41) is 8.91. The Bertz CT molecular complexity index is 611. The Hall–Kier alpha value is -1.76. The maximum atomic E-state index is 12.4. The van der Waals surface area contributed by atoms with E-state index in [1.807, 2.05) is 13.8 Å². The Kier molecular flexibility index (Phi) is 5.60. The van der Waals surface area contributed by atoms with Gasteiger partial charge in [-0.3, -0.25) is 4.31 Å². The second-order valence-corrected chi connectivity index (χ2v) is 7.25. The summed E-state index contributed by atoms with van der Waals surface area (Å²) in [6.07, 6.45) is 0.561. The van der Waals surface area contributed by atoms with Crippen LogP contribution < -0.4 is 10.0 Å². The fourth-order valence-electron chi connectivity index (χ4n) is 1.93. The van der Waals surface area contributed by atoms with E-state index in [1.165, 1.54) is 22.5 Å². The van der Waals surface area contributed by atoms with Gasteiger partial charge in [0.2, 0.25) is 10.0 Å². The lowest BCUT2D eigenvalue weighted by molar-refractivity contribution is 0.0697. The first-order valence-electron chi connectivity index (χ1n) is 6.82. The standard InChI is InChI=1S/C14H22N2O4S/c1-4-16(21(19,20)8-7-10(2)3)13-6-5-11(14(17)18)9-12(13)15/h5-6,9-10H,4,7-8,15H2,1-3H3,(H,17,18). The van der Waals surface area contributed by atoms with Crippen LogP contribution in [0.2, 0.25) is 0 Å². The van der Waals surface area contributed by atoms with Crippen molar-refractivity contribution < 1.29 is 18.3 Å². The lowest BCUT2D eigenvalue weighted by Crippen LogP contribution is -2.33. The van der Waals surface area contributed by atoms with Crippen molar-refractivity contribution in [1.82, 2.24) is 0 Å². The molecule has 0 amide bonds. The molecule has 0 atom stereocenters. The predicted octanol–water partition coefficient (Wildman–Crippen LogP) is 2.17. The Morgan fingerprint density at radius 1 is 1.38 bits per heavy atom. The molecule has 0 spiro atoms. The molecule has 21 heavy (non-hydrogen) atoms. The summed E-state index contributed by atoms with van der Waals surface area (Å²) < 4.78 is 26.0. The maximum absolute atomic E-state index is 12.4. The van der Waals surface area contributed by atoms with Crippen LogP contribution >= 0.6 is 0 Å². The Labute approximate surface area is 125 Å². The molecule has 1 rings (SSSR count). The number of rotatable bonds is 7. The highest BCUT2D eigenvalue weighted by atomic mass is 32.2. The van der Waals surface area contributed by atoms with Crippen molar-refractivity contribution in [3.63, 3.8) is 0 Å². The molecule has 0 unspecified atom stereocenters. The van der Waals surface area contributed by atoms with Crippen LogP contribution in [0.1, 0.15) is 37.6 Å². The average molecular weight is 314 g/mol. The third-order valence-electron chi connectivity index (χ3n) is 3.12. The van der Waals surface area contributed by atoms with E-state index in [-0.39, 0.29) is 29.5 Å². The van der Waals surface area contributed by atoms with E-state index < -0.39 is 16.0 Å². The van der Waals surface area contributed by atoms with Gasteiger partial charge in [-0.15, -0.1) is 0 Å². The number of sulfonamides is 1. The molecule has 0 aliphatic rings. The first-order chi connectivity index (χ1) is 9.69. The number of nitrogens with zero attached hydrogens (tertiary/aromatic N) is 1. The summed E-state index contributed by atoms with van der Waals surface area (Å²) in [4.78, 5) is 10.9.